The highest BCUT2D eigenvalue weighted by atomic mass is 16.5. The van der Waals surface area contributed by atoms with Gasteiger partial charge < -0.3 is 20.7 Å². The van der Waals surface area contributed by atoms with Crippen molar-refractivity contribution in [3.05, 3.63) is 102 Å². The van der Waals surface area contributed by atoms with Crippen molar-refractivity contribution in [2.75, 3.05) is 11.9 Å². The Morgan fingerprint density at radius 3 is 2.26 bits per heavy atom. The lowest BCUT2D eigenvalue weighted by atomic mass is 9.97. The fourth-order valence-electron chi connectivity index (χ4n) is 3.99. The summed E-state index contributed by atoms with van der Waals surface area (Å²) in [5, 5.41) is 8.43. The Kier molecular flexibility index (Phi) is 7.55. The molecule has 7 nitrogen and oxygen atoms in total. The van der Waals surface area contributed by atoms with Gasteiger partial charge in [-0.25, -0.2) is 4.79 Å². The lowest BCUT2D eigenvalue weighted by Crippen LogP contribution is -2.48. The van der Waals surface area contributed by atoms with Crippen molar-refractivity contribution in [2.24, 2.45) is 0 Å². The molecule has 2 atom stereocenters. The third-order valence-corrected chi connectivity index (χ3v) is 5.75. The quantitative estimate of drug-likeness (QED) is 0.456. The number of hydrogen-bond acceptors (Lipinski definition) is 4. The molecule has 0 bridgehead atoms. The number of ether oxygens (including phenoxy) is 1. The summed E-state index contributed by atoms with van der Waals surface area (Å²) in [6, 6.07) is 25.5. The van der Waals surface area contributed by atoms with Crippen molar-refractivity contribution in [1.82, 2.24) is 10.6 Å². The molecule has 0 saturated heterocycles. The number of hydrogen-bond donors (Lipinski definition) is 3. The van der Waals surface area contributed by atoms with Crippen LogP contribution in [0.5, 0.6) is 0 Å². The molecule has 0 saturated carbocycles. The molecule has 4 rings (SSSR count). The minimum absolute atomic E-state index is 0.0705. The molecule has 3 aromatic rings. The molecule has 1 aliphatic rings. The number of amides is 3. The second-order valence-electron chi connectivity index (χ2n) is 8.16. The van der Waals surface area contributed by atoms with E-state index in [2.05, 4.69) is 16.0 Å². The number of carbonyl (C=O) groups excluding carboxylic acids is 3. The van der Waals surface area contributed by atoms with Crippen molar-refractivity contribution in [3.8, 4) is 0 Å². The Bertz CT molecular complexity index is 1130. The Labute approximate surface area is 198 Å². The van der Waals surface area contributed by atoms with E-state index in [1.54, 1.807) is 0 Å². The Hall–Kier alpha value is -4.13. The maximum atomic E-state index is 13.0. The van der Waals surface area contributed by atoms with Crippen LogP contribution in [0.15, 0.2) is 84.9 Å². The van der Waals surface area contributed by atoms with Gasteiger partial charge in [0.25, 0.3) is 0 Å². The van der Waals surface area contributed by atoms with Crippen LogP contribution in [0.1, 0.15) is 29.0 Å². The molecular weight excluding hydrogens is 430 g/mol. The average molecular weight is 458 g/mol. The van der Waals surface area contributed by atoms with Crippen LogP contribution in [0.4, 0.5) is 10.5 Å². The van der Waals surface area contributed by atoms with E-state index in [0.717, 1.165) is 22.4 Å². The van der Waals surface area contributed by atoms with E-state index >= 15 is 0 Å². The molecule has 0 radical (unpaired) electrons. The van der Waals surface area contributed by atoms with E-state index in [0.29, 0.717) is 19.4 Å². The molecule has 0 fully saturated rings. The minimum atomic E-state index is -0.810. The van der Waals surface area contributed by atoms with Crippen LogP contribution in [0, 0.1) is 0 Å². The van der Waals surface area contributed by atoms with Gasteiger partial charge in [0.05, 0.1) is 5.92 Å². The number of nitrogens with one attached hydrogen (secondary N) is 3. The molecule has 1 aliphatic heterocycles. The van der Waals surface area contributed by atoms with Crippen molar-refractivity contribution in [2.45, 2.75) is 31.4 Å². The smallest absolute Gasteiger partial charge is 0.408 e. The molecule has 3 aromatic carbocycles. The minimum Gasteiger partial charge on any atom is -0.445 e. The lowest BCUT2D eigenvalue weighted by molar-refractivity contribution is -0.123. The molecule has 0 aromatic heterocycles. The molecule has 0 unspecified atom stereocenters. The monoisotopic (exact) mass is 457 g/mol. The van der Waals surface area contributed by atoms with Gasteiger partial charge in [0.15, 0.2) is 0 Å². The number of carbonyl (C=O) groups is 3. The van der Waals surface area contributed by atoms with E-state index in [4.69, 9.17) is 4.74 Å². The van der Waals surface area contributed by atoms with Gasteiger partial charge in [0.2, 0.25) is 11.8 Å². The number of para-hydroxylation sites is 1. The van der Waals surface area contributed by atoms with Gasteiger partial charge in [0.1, 0.15) is 12.6 Å². The Morgan fingerprint density at radius 1 is 0.882 bits per heavy atom. The summed E-state index contributed by atoms with van der Waals surface area (Å²) in [6.45, 7) is 0.417. The van der Waals surface area contributed by atoms with Crippen LogP contribution in [-0.4, -0.2) is 30.5 Å². The fourth-order valence-corrected chi connectivity index (χ4v) is 3.99. The zero-order valence-corrected chi connectivity index (χ0v) is 18.7. The number of alkyl carbamates (subject to hydrolysis) is 1. The summed E-state index contributed by atoms with van der Waals surface area (Å²) >= 11 is 0. The number of anilines is 1. The summed E-state index contributed by atoms with van der Waals surface area (Å²) < 4.78 is 5.30. The highest BCUT2D eigenvalue weighted by Gasteiger charge is 2.30. The van der Waals surface area contributed by atoms with Crippen LogP contribution in [0.25, 0.3) is 0 Å². The first-order valence-electron chi connectivity index (χ1n) is 11.3. The van der Waals surface area contributed by atoms with E-state index in [-0.39, 0.29) is 24.3 Å². The van der Waals surface area contributed by atoms with E-state index in [1.807, 2.05) is 84.9 Å². The molecule has 3 amide bonds. The van der Waals surface area contributed by atoms with Crippen molar-refractivity contribution >= 4 is 23.6 Å². The standard InChI is InChI=1S/C27H27N3O4/c31-25-22(21-13-7-8-14-23(21)29-25)15-16-28-26(32)24(17-19-9-3-1-4-10-19)30-27(33)34-18-20-11-5-2-6-12-20/h1-14,22,24H,15-18H2,(H,28,32)(H,29,31)(H,30,33)/t22-,24+/m0/s1. The van der Waals surface area contributed by atoms with Crippen LogP contribution >= 0.6 is 0 Å². The lowest BCUT2D eigenvalue weighted by Gasteiger charge is -2.19. The summed E-state index contributed by atoms with van der Waals surface area (Å²) in [5.41, 5.74) is 3.52. The summed E-state index contributed by atoms with van der Waals surface area (Å²) in [4.78, 5) is 37.7. The van der Waals surface area contributed by atoms with Gasteiger partial charge >= 0.3 is 6.09 Å². The number of fused-ring (bicyclic) bond motifs is 1. The topological polar surface area (TPSA) is 96.5 Å². The van der Waals surface area contributed by atoms with Crippen LogP contribution in [-0.2, 0) is 27.4 Å². The van der Waals surface area contributed by atoms with E-state index in [9.17, 15) is 14.4 Å². The van der Waals surface area contributed by atoms with Gasteiger partial charge in [-0.2, -0.15) is 0 Å². The largest absolute Gasteiger partial charge is 0.445 e. The first kappa shape index (κ1) is 23.0. The molecule has 3 N–H and O–H groups in total. The number of benzene rings is 3. The van der Waals surface area contributed by atoms with Crippen LogP contribution < -0.4 is 16.0 Å². The van der Waals surface area contributed by atoms with Gasteiger partial charge in [-0.3, -0.25) is 9.59 Å². The highest BCUT2D eigenvalue weighted by molar-refractivity contribution is 6.02. The highest BCUT2D eigenvalue weighted by Crippen LogP contribution is 2.33. The SMILES string of the molecule is O=C(N[C@H](Cc1ccccc1)C(=O)NCC[C@@H]1C(=O)Nc2ccccc21)OCc1ccccc1. The predicted molar refractivity (Wildman–Crippen MR) is 129 cm³/mol. The van der Waals surface area contributed by atoms with Gasteiger partial charge in [-0.05, 0) is 29.2 Å². The van der Waals surface area contributed by atoms with Gasteiger partial charge in [-0.1, -0.05) is 78.9 Å². The first-order valence-corrected chi connectivity index (χ1v) is 11.3. The second-order valence-corrected chi connectivity index (χ2v) is 8.16. The third kappa shape index (κ3) is 6.01. The predicted octanol–water partition coefficient (Wildman–Crippen LogP) is 3.77. The second kappa shape index (κ2) is 11.1. The van der Waals surface area contributed by atoms with Crippen molar-refractivity contribution in [3.63, 3.8) is 0 Å². The Morgan fingerprint density at radius 2 is 1.53 bits per heavy atom. The van der Waals surface area contributed by atoms with Crippen molar-refractivity contribution < 1.29 is 19.1 Å². The molecule has 0 spiro atoms. The van der Waals surface area contributed by atoms with Crippen LogP contribution in [0.3, 0.4) is 0 Å². The van der Waals surface area contributed by atoms with Crippen molar-refractivity contribution in [1.29, 1.82) is 0 Å². The zero-order chi connectivity index (χ0) is 23.8. The summed E-state index contributed by atoms with van der Waals surface area (Å²) in [7, 11) is 0. The fraction of sp³-hybridized carbons (Fsp3) is 0.222. The molecule has 174 valence electrons. The first-order chi connectivity index (χ1) is 16.6. The average Bonchev–Trinajstić information content (AvgIpc) is 3.18. The van der Waals surface area contributed by atoms with Crippen LogP contribution in [0.2, 0.25) is 0 Å². The molecule has 7 heteroatoms. The summed E-state index contributed by atoms with van der Waals surface area (Å²) in [5.74, 6) is -0.709. The molecule has 34 heavy (non-hydrogen) atoms. The zero-order valence-electron chi connectivity index (χ0n) is 18.7. The van der Waals surface area contributed by atoms with E-state index < -0.39 is 12.1 Å². The molecule has 0 aliphatic carbocycles. The molecule has 1 heterocycles. The van der Waals surface area contributed by atoms with Gasteiger partial charge in [0, 0.05) is 18.7 Å². The van der Waals surface area contributed by atoms with E-state index in [1.165, 1.54) is 0 Å². The molecular formula is C27H27N3O4. The number of rotatable bonds is 9. The maximum absolute atomic E-state index is 13.0. The van der Waals surface area contributed by atoms with Gasteiger partial charge in [-0.15, -0.1) is 0 Å². The third-order valence-electron chi connectivity index (χ3n) is 5.75. The normalized spacial score (nSPS) is 15.1. The Balaban J connectivity index is 1.34. The summed E-state index contributed by atoms with van der Waals surface area (Å²) in [6.07, 6.45) is 0.120. The maximum Gasteiger partial charge on any atom is 0.408 e.